The van der Waals surface area contributed by atoms with Gasteiger partial charge in [0, 0.05) is 13.1 Å². The number of allylic oxidation sites excluding steroid dienone is 1. The molecule has 0 aromatic heterocycles. The third-order valence-electron chi connectivity index (χ3n) is 1.79. The second-order valence-electron chi connectivity index (χ2n) is 2.89. The van der Waals surface area contributed by atoms with Crippen molar-refractivity contribution in [3.05, 3.63) is 12.2 Å². The highest BCUT2D eigenvalue weighted by atomic mass is 32.2. The van der Waals surface area contributed by atoms with E-state index in [-0.39, 0.29) is 29.4 Å². The van der Waals surface area contributed by atoms with Crippen molar-refractivity contribution in [3.8, 4) is 0 Å². The number of carbonyl (C=O) groups is 3. The molecule has 15 heavy (non-hydrogen) atoms. The molecule has 0 aromatic rings. The molecule has 1 rings (SSSR count). The molecule has 0 spiro atoms. The quantitative estimate of drug-likeness (QED) is 0.706. The highest BCUT2D eigenvalue weighted by Crippen LogP contribution is 2.17. The van der Waals surface area contributed by atoms with Crippen molar-refractivity contribution in [2.45, 2.75) is 6.92 Å². The fourth-order valence-corrected chi connectivity index (χ4v) is 1.85. The lowest BCUT2D eigenvalue weighted by Gasteiger charge is -2.12. The Morgan fingerprint density at radius 2 is 2.33 bits per heavy atom. The first kappa shape index (κ1) is 11.8. The van der Waals surface area contributed by atoms with Crippen LogP contribution in [0.15, 0.2) is 12.2 Å². The summed E-state index contributed by atoms with van der Waals surface area (Å²) in [6.07, 6.45) is 3.01. The number of carbonyl (C=O) groups excluding carboxylic acids is 3. The van der Waals surface area contributed by atoms with Crippen molar-refractivity contribution < 1.29 is 14.4 Å². The SMILES string of the molecule is CC=CC(=O)NCCN1C(=O)CSC1=O. The van der Waals surface area contributed by atoms with Crippen molar-refractivity contribution >= 4 is 28.8 Å². The largest absolute Gasteiger partial charge is 0.351 e. The summed E-state index contributed by atoms with van der Waals surface area (Å²) in [6, 6.07) is 0. The topological polar surface area (TPSA) is 66.5 Å². The normalized spacial score (nSPS) is 16.5. The lowest BCUT2D eigenvalue weighted by molar-refractivity contribution is -0.125. The first-order chi connectivity index (χ1) is 7.15. The summed E-state index contributed by atoms with van der Waals surface area (Å²) in [7, 11) is 0. The zero-order valence-corrected chi connectivity index (χ0v) is 9.17. The second kappa shape index (κ2) is 5.55. The van der Waals surface area contributed by atoms with Gasteiger partial charge in [0.15, 0.2) is 0 Å². The molecule has 1 aliphatic rings. The predicted octanol–water partition coefficient (Wildman–Crippen LogP) is 0.374. The van der Waals surface area contributed by atoms with Gasteiger partial charge in [-0.3, -0.25) is 19.3 Å². The van der Waals surface area contributed by atoms with Crippen LogP contribution >= 0.6 is 11.8 Å². The first-order valence-corrected chi connectivity index (χ1v) is 5.51. The number of hydrogen-bond acceptors (Lipinski definition) is 4. The van der Waals surface area contributed by atoms with Crippen LogP contribution in [-0.2, 0) is 9.59 Å². The molecule has 0 radical (unpaired) electrons. The molecule has 0 saturated carbocycles. The van der Waals surface area contributed by atoms with Crippen LogP contribution in [0.3, 0.4) is 0 Å². The van der Waals surface area contributed by atoms with Crippen LogP contribution in [0.25, 0.3) is 0 Å². The van der Waals surface area contributed by atoms with Crippen molar-refractivity contribution in [3.63, 3.8) is 0 Å². The number of hydrogen-bond donors (Lipinski definition) is 1. The number of nitrogens with one attached hydrogen (secondary N) is 1. The minimum Gasteiger partial charge on any atom is -0.351 e. The molecule has 1 N–H and O–H groups in total. The average molecular weight is 228 g/mol. The van der Waals surface area contributed by atoms with E-state index in [1.54, 1.807) is 13.0 Å². The molecule has 5 nitrogen and oxygen atoms in total. The third-order valence-corrected chi connectivity index (χ3v) is 2.65. The van der Waals surface area contributed by atoms with Gasteiger partial charge in [-0.15, -0.1) is 0 Å². The minimum atomic E-state index is -0.236. The molecule has 82 valence electrons. The Morgan fingerprint density at radius 3 is 2.87 bits per heavy atom. The number of amides is 3. The van der Waals surface area contributed by atoms with Gasteiger partial charge in [-0.25, -0.2) is 0 Å². The molecule has 1 saturated heterocycles. The Balaban J connectivity index is 2.28. The third kappa shape index (κ3) is 3.39. The highest BCUT2D eigenvalue weighted by Gasteiger charge is 2.29. The Bertz CT molecular complexity index is 298. The number of imide groups is 1. The van der Waals surface area contributed by atoms with Crippen molar-refractivity contribution in [2.24, 2.45) is 0 Å². The number of thioether (sulfide) groups is 1. The molecule has 6 heteroatoms. The van der Waals surface area contributed by atoms with E-state index in [2.05, 4.69) is 5.32 Å². The van der Waals surface area contributed by atoms with Crippen LogP contribution in [0.1, 0.15) is 6.92 Å². The summed E-state index contributed by atoms with van der Waals surface area (Å²) in [5, 5.41) is 2.33. The smallest absolute Gasteiger partial charge is 0.288 e. The van der Waals surface area contributed by atoms with Crippen molar-refractivity contribution in [1.82, 2.24) is 10.2 Å². The molecule has 1 heterocycles. The maximum absolute atomic E-state index is 11.1. The molecule has 0 aliphatic carbocycles. The number of nitrogens with zero attached hydrogens (tertiary/aromatic N) is 1. The van der Waals surface area contributed by atoms with Gasteiger partial charge in [0.05, 0.1) is 5.75 Å². The standard InChI is InChI=1S/C9H12N2O3S/c1-2-3-7(12)10-4-5-11-8(13)6-15-9(11)14/h2-3H,4-6H2,1H3,(H,10,12). The van der Waals surface area contributed by atoms with Crippen LogP contribution in [0.4, 0.5) is 4.79 Å². The van der Waals surface area contributed by atoms with Gasteiger partial charge in [-0.2, -0.15) is 0 Å². The minimum absolute atomic E-state index is 0.190. The summed E-state index contributed by atoms with van der Waals surface area (Å²) < 4.78 is 0. The zero-order valence-electron chi connectivity index (χ0n) is 8.36. The Hall–Kier alpha value is -1.30. The Labute approximate surface area is 91.9 Å². The molecule has 0 atom stereocenters. The van der Waals surface area contributed by atoms with Crippen molar-refractivity contribution in [2.75, 3.05) is 18.8 Å². The molecular weight excluding hydrogens is 216 g/mol. The first-order valence-electron chi connectivity index (χ1n) is 4.53. The summed E-state index contributed by atoms with van der Waals surface area (Å²) in [5.74, 6) is -0.198. The zero-order chi connectivity index (χ0) is 11.3. The van der Waals surface area contributed by atoms with E-state index in [4.69, 9.17) is 0 Å². The monoisotopic (exact) mass is 228 g/mol. The molecule has 1 fully saturated rings. The van der Waals surface area contributed by atoms with Gasteiger partial charge < -0.3 is 5.32 Å². The van der Waals surface area contributed by atoms with Gasteiger partial charge in [-0.05, 0) is 13.0 Å². The van der Waals surface area contributed by atoms with Gasteiger partial charge in [0.2, 0.25) is 11.8 Å². The van der Waals surface area contributed by atoms with Gasteiger partial charge in [0.25, 0.3) is 5.24 Å². The van der Waals surface area contributed by atoms with Crippen molar-refractivity contribution in [1.29, 1.82) is 0 Å². The fourth-order valence-electron chi connectivity index (χ4n) is 1.10. The van der Waals surface area contributed by atoms with Gasteiger partial charge in [0.1, 0.15) is 0 Å². The molecular formula is C9H12N2O3S. The van der Waals surface area contributed by atoms with Crippen LogP contribution in [-0.4, -0.2) is 40.8 Å². The van der Waals surface area contributed by atoms with E-state index < -0.39 is 0 Å². The summed E-state index contributed by atoms with van der Waals surface area (Å²) in [4.78, 5) is 34.4. The van der Waals surface area contributed by atoms with Crippen LogP contribution in [0, 0.1) is 0 Å². The lowest BCUT2D eigenvalue weighted by atomic mass is 10.4. The fraction of sp³-hybridized carbons (Fsp3) is 0.444. The highest BCUT2D eigenvalue weighted by molar-refractivity contribution is 8.14. The molecule has 3 amide bonds. The number of rotatable bonds is 4. The summed E-state index contributed by atoms with van der Waals surface area (Å²) in [5.41, 5.74) is 0. The molecule has 1 aliphatic heterocycles. The summed E-state index contributed by atoms with van der Waals surface area (Å²) in [6.45, 7) is 2.28. The molecule has 0 bridgehead atoms. The molecule has 0 aromatic carbocycles. The van der Waals surface area contributed by atoms with E-state index in [9.17, 15) is 14.4 Å². The lowest BCUT2D eigenvalue weighted by Crippen LogP contribution is -2.36. The Kier molecular flexibility index (Phi) is 4.36. The Morgan fingerprint density at radius 1 is 1.60 bits per heavy atom. The molecule has 0 unspecified atom stereocenters. The van der Waals surface area contributed by atoms with E-state index in [0.29, 0.717) is 6.54 Å². The average Bonchev–Trinajstić information content (AvgIpc) is 2.49. The van der Waals surface area contributed by atoms with E-state index in [1.165, 1.54) is 6.08 Å². The van der Waals surface area contributed by atoms with E-state index in [0.717, 1.165) is 16.7 Å². The maximum Gasteiger partial charge on any atom is 0.288 e. The van der Waals surface area contributed by atoms with E-state index in [1.807, 2.05) is 0 Å². The van der Waals surface area contributed by atoms with Crippen LogP contribution in [0.2, 0.25) is 0 Å². The van der Waals surface area contributed by atoms with Crippen LogP contribution < -0.4 is 5.32 Å². The second-order valence-corrected chi connectivity index (χ2v) is 3.82. The van der Waals surface area contributed by atoms with E-state index >= 15 is 0 Å². The van der Waals surface area contributed by atoms with Gasteiger partial charge >= 0.3 is 0 Å². The predicted molar refractivity (Wildman–Crippen MR) is 57.4 cm³/mol. The summed E-state index contributed by atoms with van der Waals surface area (Å²) >= 11 is 0.993. The van der Waals surface area contributed by atoms with Crippen LogP contribution in [0.5, 0.6) is 0 Å². The van der Waals surface area contributed by atoms with Gasteiger partial charge in [-0.1, -0.05) is 17.8 Å². The maximum atomic E-state index is 11.1.